The highest BCUT2D eigenvalue weighted by molar-refractivity contribution is 6.29. The summed E-state index contributed by atoms with van der Waals surface area (Å²) >= 11 is 5.95. The van der Waals surface area contributed by atoms with Gasteiger partial charge < -0.3 is 9.84 Å². The first-order chi connectivity index (χ1) is 9.17. The molecule has 0 saturated heterocycles. The second-order valence-electron chi connectivity index (χ2n) is 4.15. The molecule has 0 aliphatic heterocycles. The average Bonchev–Trinajstić information content (AvgIpc) is 2.75. The van der Waals surface area contributed by atoms with E-state index in [4.69, 9.17) is 16.1 Å². The van der Waals surface area contributed by atoms with Gasteiger partial charge in [-0.15, -0.1) is 0 Å². The Kier molecular flexibility index (Phi) is 4.68. The molecule has 0 aromatic carbocycles. The predicted molar refractivity (Wildman–Crippen MR) is 72.3 cm³/mol. The van der Waals surface area contributed by atoms with Gasteiger partial charge in [0.15, 0.2) is 5.82 Å². The molecule has 6 nitrogen and oxygen atoms in total. The normalized spacial score (nSPS) is 10.7. The van der Waals surface area contributed by atoms with E-state index in [1.807, 2.05) is 0 Å². The molecule has 2 aromatic rings. The van der Waals surface area contributed by atoms with Crippen LogP contribution in [0.4, 0.5) is 5.82 Å². The van der Waals surface area contributed by atoms with Crippen molar-refractivity contribution >= 4 is 17.4 Å². The van der Waals surface area contributed by atoms with Gasteiger partial charge in [-0.2, -0.15) is 4.98 Å². The molecular formula is C12H16ClN5O. The van der Waals surface area contributed by atoms with Crippen LogP contribution in [-0.2, 0) is 12.8 Å². The number of nitrogens with one attached hydrogen (secondary N) is 1. The first-order valence-electron chi connectivity index (χ1n) is 6.24. The average molecular weight is 282 g/mol. The molecule has 7 heteroatoms. The van der Waals surface area contributed by atoms with Crippen molar-refractivity contribution in [2.45, 2.75) is 33.1 Å². The molecule has 2 aromatic heterocycles. The third kappa shape index (κ3) is 4.17. The van der Waals surface area contributed by atoms with Crippen molar-refractivity contribution in [2.24, 2.45) is 0 Å². The zero-order valence-electron chi connectivity index (χ0n) is 11.0. The summed E-state index contributed by atoms with van der Waals surface area (Å²) in [4.78, 5) is 12.7. The van der Waals surface area contributed by atoms with E-state index in [1.54, 1.807) is 13.0 Å². The lowest BCUT2D eigenvalue weighted by molar-refractivity contribution is 0.387. The molecule has 0 atom stereocenters. The fraction of sp³-hybridized carbons (Fsp3) is 0.500. The summed E-state index contributed by atoms with van der Waals surface area (Å²) < 4.78 is 4.90. The number of hydrogen-bond acceptors (Lipinski definition) is 6. The standard InChI is InChI=1S/C12H16ClN5O/c1-3-4-10-16-9(13)7-12(17-10)14-6-5-11-15-8(2)19-18-11/h7H,3-6H2,1-2H3,(H,14,16,17). The Balaban J connectivity index is 1.91. The summed E-state index contributed by atoms with van der Waals surface area (Å²) in [6, 6.07) is 1.71. The van der Waals surface area contributed by atoms with E-state index in [0.717, 1.165) is 24.5 Å². The molecule has 0 aliphatic carbocycles. The Bertz CT molecular complexity index is 543. The van der Waals surface area contributed by atoms with Crippen molar-refractivity contribution in [3.8, 4) is 0 Å². The van der Waals surface area contributed by atoms with E-state index in [-0.39, 0.29) is 0 Å². The van der Waals surface area contributed by atoms with Gasteiger partial charge in [-0.3, -0.25) is 0 Å². The van der Waals surface area contributed by atoms with Gasteiger partial charge in [0.1, 0.15) is 16.8 Å². The van der Waals surface area contributed by atoms with Crippen LogP contribution in [0.1, 0.15) is 30.9 Å². The molecule has 0 radical (unpaired) electrons. The Labute approximate surface area is 116 Å². The van der Waals surface area contributed by atoms with Crippen LogP contribution in [-0.4, -0.2) is 26.7 Å². The molecule has 0 amide bonds. The molecule has 102 valence electrons. The SMILES string of the molecule is CCCc1nc(Cl)cc(NCCc2noc(C)n2)n1. The molecule has 0 fully saturated rings. The molecule has 0 bridgehead atoms. The highest BCUT2D eigenvalue weighted by atomic mass is 35.5. The number of anilines is 1. The molecule has 19 heavy (non-hydrogen) atoms. The quantitative estimate of drug-likeness (QED) is 0.820. The topological polar surface area (TPSA) is 76.7 Å². The van der Waals surface area contributed by atoms with Gasteiger partial charge in [0.2, 0.25) is 5.89 Å². The maximum Gasteiger partial charge on any atom is 0.223 e. The monoisotopic (exact) mass is 281 g/mol. The predicted octanol–water partition coefficient (Wildman–Crippen LogP) is 2.43. The second kappa shape index (κ2) is 6.47. The van der Waals surface area contributed by atoms with Crippen molar-refractivity contribution in [3.05, 3.63) is 28.8 Å². The van der Waals surface area contributed by atoms with Crippen molar-refractivity contribution in [3.63, 3.8) is 0 Å². The number of nitrogens with zero attached hydrogens (tertiary/aromatic N) is 4. The molecule has 0 spiro atoms. The Morgan fingerprint density at radius 3 is 2.74 bits per heavy atom. The van der Waals surface area contributed by atoms with Gasteiger partial charge in [-0.25, -0.2) is 9.97 Å². The summed E-state index contributed by atoms with van der Waals surface area (Å²) in [5.41, 5.74) is 0. The molecule has 0 aliphatic rings. The number of aromatic nitrogens is 4. The largest absolute Gasteiger partial charge is 0.369 e. The maximum atomic E-state index is 5.95. The molecule has 1 N–H and O–H groups in total. The Morgan fingerprint density at radius 1 is 1.21 bits per heavy atom. The zero-order valence-corrected chi connectivity index (χ0v) is 11.7. The van der Waals surface area contributed by atoms with Crippen LogP contribution < -0.4 is 5.32 Å². The van der Waals surface area contributed by atoms with Crippen molar-refractivity contribution < 1.29 is 4.52 Å². The summed E-state index contributed by atoms with van der Waals surface area (Å²) in [5.74, 6) is 2.74. The lowest BCUT2D eigenvalue weighted by atomic mass is 10.3. The number of aryl methyl sites for hydroxylation is 2. The van der Waals surface area contributed by atoms with Crippen LogP contribution in [0, 0.1) is 6.92 Å². The zero-order chi connectivity index (χ0) is 13.7. The fourth-order valence-corrected chi connectivity index (χ4v) is 1.84. The third-order valence-corrected chi connectivity index (χ3v) is 2.63. The van der Waals surface area contributed by atoms with E-state index in [1.165, 1.54) is 0 Å². The summed E-state index contributed by atoms with van der Waals surface area (Å²) in [7, 11) is 0. The van der Waals surface area contributed by atoms with Crippen LogP contribution in [0.15, 0.2) is 10.6 Å². The summed E-state index contributed by atoms with van der Waals surface area (Å²) in [6.07, 6.45) is 2.48. The van der Waals surface area contributed by atoms with Gasteiger partial charge in [0.25, 0.3) is 0 Å². The number of halogens is 1. The van der Waals surface area contributed by atoms with Crippen molar-refractivity contribution in [2.75, 3.05) is 11.9 Å². The van der Waals surface area contributed by atoms with Gasteiger partial charge in [-0.1, -0.05) is 23.7 Å². The van der Waals surface area contributed by atoms with Crippen molar-refractivity contribution in [1.29, 1.82) is 0 Å². The highest BCUT2D eigenvalue weighted by Gasteiger charge is 2.04. The first-order valence-corrected chi connectivity index (χ1v) is 6.61. The number of rotatable bonds is 6. The molecule has 0 saturated carbocycles. The summed E-state index contributed by atoms with van der Waals surface area (Å²) in [6.45, 7) is 4.51. The van der Waals surface area contributed by atoms with Gasteiger partial charge in [0, 0.05) is 32.4 Å². The van der Waals surface area contributed by atoms with E-state index < -0.39 is 0 Å². The smallest absolute Gasteiger partial charge is 0.223 e. The van der Waals surface area contributed by atoms with Crippen LogP contribution in [0.25, 0.3) is 0 Å². The van der Waals surface area contributed by atoms with E-state index >= 15 is 0 Å². The lowest BCUT2D eigenvalue weighted by Gasteiger charge is -2.06. The molecule has 2 heterocycles. The van der Waals surface area contributed by atoms with Crippen LogP contribution in [0.5, 0.6) is 0 Å². The van der Waals surface area contributed by atoms with Gasteiger partial charge in [-0.05, 0) is 6.42 Å². The van der Waals surface area contributed by atoms with Gasteiger partial charge in [0.05, 0.1) is 0 Å². The Morgan fingerprint density at radius 2 is 2.05 bits per heavy atom. The van der Waals surface area contributed by atoms with E-state index in [0.29, 0.717) is 29.8 Å². The van der Waals surface area contributed by atoms with Crippen LogP contribution >= 0.6 is 11.6 Å². The van der Waals surface area contributed by atoms with Gasteiger partial charge >= 0.3 is 0 Å². The van der Waals surface area contributed by atoms with Crippen LogP contribution in [0.2, 0.25) is 5.15 Å². The molecular weight excluding hydrogens is 266 g/mol. The van der Waals surface area contributed by atoms with Crippen LogP contribution in [0.3, 0.4) is 0 Å². The molecule has 2 rings (SSSR count). The minimum atomic E-state index is 0.455. The van der Waals surface area contributed by atoms with E-state index in [9.17, 15) is 0 Å². The Hall–Kier alpha value is -1.69. The lowest BCUT2D eigenvalue weighted by Crippen LogP contribution is -2.09. The highest BCUT2D eigenvalue weighted by Crippen LogP contribution is 2.12. The van der Waals surface area contributed by atoms with E-state index in [2.05, 4.69) is 32.3 Å². The second-order valence-corrected chi connectivity index (χ2v) is 4.54. The number of hydrogen-bond donors (Lipinski definition) is 1. The minimum absolute atomic E-state index is 0.455. The summed E-state index contributed by atoms with van der Waals surface area (Å²) in [5, 5.41) is 7.47. The fourth-order valence-electron chi connectivity index (χ4n) is 1.64. The molecule has 0 unspecified atom stereocenters. The van der Waals surface area contributed by atoms with Crippen molar-refractivity contribution in [1.82, 2.24) is 20.1 Å². The third-order valence-electron chi connectivity index (χ3n) is 2.44. The first kappa shape index (κ1) is 13.7. The maximum absolute atomic E-state index is 5.95. The minimum Gasteiger partial charge on any atom is -0.369 e.